The molecule has 0 aliphatic carbocycles. The molecule has 3 aromatic rings. The molecule has 0 atom stereocenters. The number of hydrogen-bond donors (Lipinski definition) is 1. The molecule has 2 nitrogen and oxygen atoms in total. The number of hydrogen-bond acceptors (Lipinski definition) is 2. The Bertz CT molecular complexity index is 750. The molecule has 0 amide bonds. The van der Waals surface area contributed by atoms with Crippen LogP contribution in [0.5, 0.6) is 5.75 Å². The molecule has 0 aromatic heterocycles. The van der Waals surface area contributed by atoms with E-state index in [1.807, 2.05) is 30.3 Å². The second-order valence-electron chi connectivity index (χ2n) is 5.90. The Balaban J connectivity index is 1.47. The first-order chi connectivity index (χ1) is 11.8. The highest BCUT2D eigenvalue weighted by molar-refractivity contribution is 5.46. The molecule has 1 N–H and O–H groups in total. The van der Waals surface area contributed by atoms with Gasteiger partial charge in [-0.25, -0.2) is 0 Å². The zero-order valence-electron chi connectivity index (χ0n) is 14.0. The summed E-state index contributed by atoms with van der Waals surface area (Å²) in [6, 6.07) is 26.9. The van der Waals surface area contributed by atoms with Gasteiger partial charge in [-0.1, -0.05) is 54.6 Å². The molecule has 0 bridgehead atoms. The maximum absolute atomic E-state index is 5.81. The molecule has 0 saturated heterocycles. The average Bonchev–Trinajstić information content (AvgIpc) is 2.63. The van der Waals surface area contributed by atoms with E-state index in [4.69, 9.17) is 4.74 Å². The van der Waals surface area contributed by atoms with E-state index >= 15 is 0 Å². The van der Waals surface area contributed by atoms with Crippen LogP contribution in [0.1, 0.15) is 16.7 Å². The molecular formula is C22H23NO. The molecule has 0 unspecified atom stereocenters. The van der Waals surface area contributed by atoms with Gasteiger partial charge in [-0.05, 0) is 54.3 Å². The van der Waals surface area contributed by atoms with Crippen LogP contribution < -0.4 is 10.1 Å². The lowest BCUT2D eigenvalue weighted by Gasteiger charge is -2.10. The molecule has 3 aromatic carbocycles. The predicted octanol–water partition coefficient (Wildman–Crippen LogP) is 5.23. The van der Waals surface area contributed by atoms with Crippen LogP contribution in [0.4, 0.5) is 5.69 Å². The second-order valence-corrected chi connectivity index (χ2v) is 5.90. The van der Waals surface area contributed by atoms with Gasteiger partial charge in [-0.2, -0.15) is 0 Å². The van der Waals surface area contributed by atoms with Gasteiger partial charge in [0.25, 0.3) is 0 Å². The SMILES string of the molecule is Cc1ccccc1CCNc1ccc(OCc2ccccc2)cc1. The number of aryl methyl sites for hydroxylation is 1. The van der Waals surface area contributed by atoms with Crippen molar-refractivity contribution in [3.05, 3.63) is 95.6 Å². The van der Waals surface area contributed by atoms with Gasteiger partial charge in [-0.3, -0.25) is 0 Å². The van der Waals surface area contributed by atoms with E-state index in [9.17, 15) is 0 Å². The molecular weight excluding hydrogens is 294 g/mol. The molecule has 2 heteroatoms. The number of ether oxygens (including phenoxy) is 1. The summed E-state index contributed by atoms with van der Waals surface area (Å²) in [5.74, 6) is 0.892. The third-order valence-corrected chi connectivity index (χ3v) is 4.09. The summed E-state index contributed by atoms with van der Waals surface area (Å²) < 4.78 is 5.81. The maximum atomic E-state index is 5.81. The fourth-order valence-corrected chi connectivity index (χ4v) is 2.64. The summed E-state index contributed by atoms with van der Waals surface area (Å²) in [4.78, 5) is 0. The van der Waals surface area contributed by atoms with Crippen molar-refractivity contribution in [2.24, 2.45) is 0 Å². The van der Waals surface area contributed by atoms with E-state index in [-0.39, 0.29) is 0 Å². The Labute approximate surface area is 144 Å². The van der Waals surface area contributed by atoms with E-state index in [2.05, 4.69) is 60.8 Å². The Morgan fingerprint density at radius 2 is 1.50 bits per heavy atom. The third-order valence-electron chi connectivity index (χ3n) is 4.09. The largest absolute Gasteiger partial charge is 0.489 e. The highest BCUT2D eigenvalue weighted by Crippen LogP contribution is 2.17. The monoisotopic (exact) mass is 317 g/mol. The van der Waals surface area contributed by atoms with Crippen molar-refractivity contribution >= 4 is 5.69 Å². The minimum absolute atomic E-state index is 0.598. The maximum Gasteiger partial charge on any atom is 0.119 e. The van der Waals surface area contributed by atoms with Gasteiger partial charge in [0.2, 0.25) is 0 Å². The van der Waals surface area contributed by atoms with E-state index in [1.54, 1.807) is 0 Å². The first kappa shape index (κ1) is 16.1. The van der Waals surface area contributed by atoms with Gasteiger partial charge in [0.15, 0.2) is 0 Å². The van der Waals surface area contributed by atoms with Gasteiger partial charge in [-0.15, -0.1) is 0 Å². The molecule has 3 rings (SSSR count). The van der Waals surface area contributed by atoms with Crippen molar-refractivity contribution < 1.29 is 4.74 Å². The highest BCUT2D eigenvalue weighted by Gasteiger charge is 1.99. The van der Waals surface area contributed by atoms with Crippen LogP contribution in [0, 0.1) is 6.92 Å². The van der Waals surface area contributed by atoms with Gasteiger partial charge in [0, 0.05) is 12.2 Å². The number of nitrogens with one attached hydrogen (secondary N) is 1. The summed E-state index contributed by atoms with van der Waals surface area (Å²) >= 11 is 0. The molecule has 0 radical (unpaired) electrons. The smallest absolute Gasteiger partial charge is 0.119 e. The van der Waals surface area contributed by atoms with Gasteiger partial charge in [0.1, 0.15) is 12.4 Å². The van der Waals surface area contributed by atoms with Gasteiger partial charge in [0.05, 0.1) is 0 Å². The molecule has 0 aliphatic rings. The van der Waals surface area contributed by atoms with E-state index in [0.717, 1.165) is 24.4 Å². The van der Waals surface area contributed by atoms with Crippen molar-refractivity contribution in [3.63, 3.8) is 0 Å². The average molecular weight is 317 g/mol. The fraction of sp³-hybridized carbons (Fsp3) is 0.182. The summed E-state index contributed by atoms with van der Waals surface area (Å²) in [5, 5.41) is 3.47. The summed E-state index contributed by atoms with van der Waals surface area (Å²) in [5.41, 5.74) is 5.05. The van der Waals surface area contributed by atoms with Crippen LogP contribution in [-0.4, -0.2) is 6.54 Å². The van der Waals surface area contributed by atoms with Gasteiger partial charge >= 0.3 is 0 Å². The van der Waals surface area contributed by atoms with Crippen molar-refractivity contribution in [2.75, 3.05) is 11.9 Å². The first-order valence-corrected chi connectivity index (χ1v) is 8.36. The summed E-state index contributed by atoms with van der Waals surface area (Å²) in [7, 11) is 0. The van der Waals surface area contributed by atoms with Crippen LogP contribution >= 0.6 is 0 Å². The van der Waals surface area contributed by atoms with E-state index < -0.39 is 0 Å². The van der Waals surface area contributed by atoms with Gasteiger partial charge < -0.3 is 10.1 Å². The predicted molar refractivity (Wildman–Crippen MR) is 101 cm³/mol. The topological polar surface area (TPSA) is 21.3 Å². The molecule has 0 fully saturated rings. The lowest BCUT2D eigenvalue weighted by Crippen LogP contribution is -2.05. The minimum atomic E-state index is 0.598. The molecule has 0 spiro atoms. The zero-order chi connectivity index (χ0) is 16.6. The van der Waals surface area contributed by atoms with E-state index in [0.29, 0.717) is 6.61 Å². The fourth-order valence-electron chi connectivity index (χ4n) is 2.64. The van der Waals surface area contributed by atoms with Crippen LogP contribution in [0.3, 0.4) is 0 Å². The minimum Gasteiger partial charge on any atom is -0.489 e. The Hall–Kier alpha value is -2.74. The van der Waals surface area contributed by atoms with Crippen molar-refractivity contribution in [3.8, 4) is 5.75 Å². The molecule has 122 valence electrons. The second kappa shape index (κ2) is 8.21. The van der Waals surface area contributed by atoms with Crippen LogP contribution in [0.25, 0.3) is 0 Å². The lowest BCUT2D eigenvalue weighted by atomic mass is 10.1. The van der Waals surface area contributed by atoms with Crippen LogP contribution in [0.15, 0.2) is 78.9 Å². The zero-order valence-corrected chi connectivity index (χ0v) is 14.0. The third kappa shape index (κ3) is 4.63. The highest BCUT2D eigenvalue weighted by atomic mass is 16.5. The number of anilines is 1. The Morgan fingerprint density at radius 1 is 0.792 bits per heavy atom. The van der Waals surface area contributed by atoms with E-state index in [1.165, 1.54) is 16.7 Å². The van der Waals surface area contributed by atoms with Crippen molar-refractivity contribution in [1.29, 1.82) is 0 Å². The lowest BCUT2D eigenvalue weighted by molar-refractivity contribution is 0.306. The Morgan fingerprint density at radius 3 is 2.25 bits per heavy atom. The first-order valence-electron chi connectivity index (χ1n) is 8.36. The standard InChI is InChI=1S/C22H23NO/c1-18-7-5-6-10-20(18)15-16-23-21-11-13-22(14-12-21)24-17-19-8-3-2-4-9-19/h2-14,23H,15-17H2,1H3. The van der Waals surface area contributed by atoms with Crippen LogP contribution in [-0.2, 0) is 13.0 Å². The summed E-state index contributed by atoms with van der Waals surface area (Å²) in [6.07, 6.45) is 1.03. The number of rotatable bonds is 7. The molecule has 0 saturated carbocycles. The van der Waals surface area contributed by atoms with Crippen molar-refractivity contribution in [2.45, 2.75) is 20.0 Å². The molecule has 24 heavy (non-hydrogen) atoms. The quantitative estimate of drug-likeness (QED) is 0.644. The van der Waals surface area contributed by atoms with Crippen molar-refractivity contribution in [1.82, 2.24) is 0 Å². The molecule has 0 heterocycles. The normalized spacial score (nSPS) is 10.4. The molecule has 0 aliphatic heterocycles. The Kier molecular flexibility index (Phi) is 5.52. The number of benzene rings is 3. The summed E-state index contributed by atoms with van der Waals surface area (Å²) in [6.45, 7) is 3.68. The van der Waals surface area contributed by atoms with Crippen LogP contribution in [0.2, 0.25) is 0 Å².